The number of aromatic nitrogens is 2. The number of thiophene rings is 1. The third-order valence-electron chi connectivity index (χ3n) is 4.33. The average molecular weight is 277 g/mol. The molecule has 2 aromatic heterocycles. The van der Waals surface area contributed by atoms with E-state index < -0.39 is 0 Å². The van der Waals surface area contributed by atoms with Crippen molar-refractivity contribution >= 4 is 31.5 Å². The second-order valence-electron chi connectivity index (χ2n) is 5.40. The zero-order chi connectivity index (χ0) is 13.3. The number of nitrogens with zero attached hydrogens (tertiary/aromatic N) is 2. The SMILES string of the molecule is CC1c2cc3c(cc2-n2ccc[n+]21)sc1ccccc13. The van der Waals surface area contributed by atoms with Crippen LogP contribution >= 0.6 is 11.3 Å². The van der Waals surface area contributed by atoms with E-state index in [2.05, 4.69) is 71.1 Å². The summed E-state index contributed by atoms with van der Waals surface area (Å²) in [6, 6.07) is 15.9. The van der Waals surface area contributed by atoms with Crippen molar-refractivity contribution in [1.29, 1.82) is 0 Å². The van der Waals surface area contributed by atoms with Gasteiger partial charge < -0.3 is 0 Å². The lowest BCUT2D eigenvalue weighted by Gasteiger charge is -1.99. The Morgan fingerprint density at radius 2 is 1.95 bits per heavy atom. The van der Waals surface area contributed by atoms with Crippen LogP contribution in [0.1, 0.15) is 18.5 Å². The van der Waals surface area contributed by atoms with Crippen LogP contribution in [0.4, 0.5) is 0 Å². The van der Waals surface area contributed by atoms with Crippen LogP contribution in [0.2, 0.25) is 0 Å². The second kappa shape index (κ2) is 3.49. The minimum absolute atomic E-state index is 0.406. The van der Waals surface area contributed by atoms with Crippen molar-refractivity contribution in [3.8, 4) is 5.69 Å². The van der Waals surface area contributed by atoms with Crippen LogP contribution < -0.4 is 4.68 Å². The molecule has 0 N–H and O–H groups in total. The van der Waals surface area contributed by atoms with Gasteiger partial charge in [-0.25, -0.2) is 0 Å². The van der Waals surface area contributed by atoms with Crippen LogP contribution in [0.5, 0.6) is 0 Å². The highest BCUT2D eigenvalue weighted by molar-refractivity contribution is 7.25. The monoisotopic (exact) mass is 277 g/mol. The summed E-state index contributed by atoms with van der Waals surface area (Å²) in [5, 5.41) is 2.77. The molecule has 3 heterocycles. The third-order valence-corrected chi connectivity index (χ3v) is 5.47. The van der Waals surface area contributed by atoms with E-state index in [1.807, 2.05) is 11.3 Å². The lowest BCUT2D eigenvalue weighted by Crippen LogP contribution is -2.39. The molecule has 20 heavy (non-hydrogen) atoms. The number of rotatable bonds is 0. The molecule has 0 saturated heterocycles. The van der Waals surface area contributed by atoms with Crippen LogP contribution in [-0.2, 0) is 0 Å². The van der Waals surface area contributed by atoms with Gasteiger partial charge in [-0.1, -0.05) is 18.2 Å². The molecular weight excluding hydrogens is 264 g/mol. The maximum atomic E-state index is 2.38. The number of hydrogen-bond donors (Lipinski definition) is 0. The van der Waals surface area contributed by atoms with Gasteiger partial charge in [0.15, 0.2) is 6.20 Å². The highest BCUT2D eigenvalue weighted by Crippen LogP contribution is 2.39. The molecule has 96 valence electrons. The lowest BCUT2D eigenvalue weighted by atomic mass is 10.0. The highest BCUT2D eigenvalue weighted by Gasteiger charge is 2.32. The Balaban J connectivity index is 1.94. The van der Waals surface area contributed by atoms with Crippen molar-refractivity contribution in [1.82, 2.24) is 4.68 Å². The van der Waals surface area contributed by atoms with Crippen LogP contribution in [0.15, 0.2) is 54.9 Å². The summed E-state index contributed by atoms with van der Waals surface area (Å²) in [5.74, 6) is 0. The normalized spacial score (nSPS) is 16.8. The quantitative estimate of drug-likeness (QED) is 0.429. The molecule has 0 aliphatic carbocycles. The van der Waals surface area contributed by atoms with E-state index in [0.29, 0.717) is 6.04 Å². The summed E-state index contributed by atoms with van der Waals surface area (Å²) in [7, 11) is 0. The Hall–Kier alpha value is -2.13. The van der Waals surface area contributed by atoms with Gasteiger partial charge in [0.1, 0.15) is 5.69 Å². The molecule has 0 saturated carbocycles. The van der Waals surface area contributed by atoms with Gasteiger partial charge in [-0.2, -0.15) is 0 Å². The van der Waals surface area contributed by atoms with Crippen molar-refractivity contribution in [2.75, 3.05) is 0 Å². The van der Waals surface area contributed by atoms with Gasteiger partial charge in [-0.3, -0.25) is 0 Å². The van der Waals surface area contributed by atoms with Gasteiger partial charge >= 0.3 is 0 Å². The average Bonchev–Trinajstić information content (AvgIpc) is 3.13. The fraction of sp³-hybridized carbons (Fsp3) is 0.118. The van der Waals surface area contributed by atoms with E-state index in [1.165, 1.54) is 31.4 Å². The van der Waals surface area contributed by atoms with E-state index in [0.717, 1.165) is 0 Å². The largest absolute Gasteiger partial charge is 0.206 e. The first-order valence-electron chi connectivity index (χ1n) is 6.87. The molecule has 1 aliphatic heterocycles. The van der Waals surface area contributed by atoms with Crippen molar-refractivity contribution in [2.24, 2.45) is 0 Å². The molecule has 0 spiro atoms. The first kappa shape index (κ1) is 10.6. The molecule has 5 rings (SSSR count). The molecule has 1 atom stereocenters. The molecule has 3 heteroatoms. The smallest absolute Gasteiger partial charge is 0.135 e. The molecule has 0 fully saturated rings. The highest BCUT2D eigenvalue weighted by atomic mass is 32.1. The maximum absolute atomic E-state index is 2.38. The standard InChI is InChI=1S/C17H13N2S/c1-11-13-9-14-12-5-2-3-6-16(12)20-17(14)10-15(13)19-8-4-7-18(11)19/h2-11H,1H3/q+1. The van der Waals surface area contributed by atoms with Gasteiger partial charge in [0.25, 0.3) is 0 Å². The summed E-state index contributed by atoms with van der Waals surface area (Å²) >= 11 is 1.88. The molecule has 0 bridgehead atoms. The maximum Gasteiger partial charge on any atom is 0.206 e. The Morgan fingerprint density at radius 3 is 2.90 bits per heavy atom. The van der Waals surface area contributed by atoms with Crippen molar-refractivity contribution < 1.29 is 4.68 Å². The first-order chi connectivity index (χ1) is 9.83. The third kappa shape index (κ3) is 1.17. The molecule has 1 aliphatic rings. The molecular formula is C17H13N2S+. The summed E-state index contributed by atoms with van der Waals surface area (Å²) < 4.78 is 7.29. The van der Waals surface area contributed by atoms with E-state index in [4.69, 9.17) is 0 Å². The summed E-state index contributed by atoms with van der Waals surface area (Å²) in [5.41, 5.74) is 2.74. The predicted octanol–water partition coefficient (Wildman–Crippen LogP) is 4.06. The Bertz CT molecular complexity index is 977. The first-order valence-corrected chi connectivity index (χ1v) is 7.69. The molecule has 1 unspecified atom stereocenters. The zero-order valence-corrected chi connectivity index (χ0v) is 11.9. The van der Waals surface area contributed by atoms with Crippen LogP contribution in [0, 0.1) is 0 Å². The van der Waals surface area contributed by atoms with Gasteiger partial charge in [-0.05, 0) is 18.2 Å². The summed E-state index contributed by atoms with van der Waals surface area (Å²) in [6.45, 7) is 2.27. The molecule has 4 aromatic rings. The topological polar surface area (TPSA) is 8.81 Å². The molecule has 2 aromatic carbocycles. The van der Waals surface area contributed by atoms with E-state index in [9.17, 15) is 0 Å². The molecule has 0 amide bonds. The fourth-order valence-corrected chi connectivity index (χ4v) is 4.45. The van der Waals surface area contributed by atoms with Crippen LogP contribution in [0.25, 0.3) is 25.9 Å². The zero-order valence-electron chi connectivity index (χ0n) is 11.1. The van der Waals surface area contributed by atoms with Crippen LogP contribution in [-0.4, -0.2) is 4.68 Å². The Morgan fingerprint density at radius 1 is 1.05 bits per heavy atom. The van der Waals surface area contributed by atoms with Crippen molar-refractivity contribution in [3.63, 3.8) is 0 Å². The Labute approximate surface area is 120 Å². The van der Waals surface area contributed by atoms with Crippen molar-refractivity contribution in [2.45, 2.75) is 13.0 Å². The van der Waals surface area contributed by atoms with Gasteiger partial charge in [0, 0.05) is 33.2 Å². The minimum atomic E-state index is 0.406. The van der Waals surface area contributed by atoms with E-state index >= 15 is 0 Å². The Kier molecular flexibility index (Phi) is 1.86. The summed E-state index contributed by atoms with van der Waals surface area (Å²) in [4.78, 5) is 0. The van der Waals surface area contributed by atoms with Gasteiger partial charge in [-0.15, -0.1) is 20.7 Å². The predicted molar refractivity (Wildman–Crippen MR) is 82.7 cm³/mol. The number of benzene rings is 2. The van der Waals surface area contributed by atoms with Gasteiger partial charge in [0.05, 0.1) is 11.8 Å². The molecule has 0 radical (unpaired) electrons. The number of hydrogen-bond acceptors (Lipinski definition) is 1. The lowest BCUT2D eigenvalue weighted by molar-refractivity contribution is -0.770. The summed E-state index contributed by atoms with van der Waals surface area (Å²) in [6.07, 6.45) is 4.29. The second-order valence-corrected chi connectivity index (χ2v) is 6.48. The van der Waals surface area contributed by atoms with Crippen LogP contribution in [0.3, 0.4) is 0 Å². The van der Waals surface area contributed by atoms with Crippen molar-refractivity contribution in [3.05, 3.63) is 60.4 Å². The van der Waals surface area contributed by atoms with E-state index in [-0.39, 0.29) is 0 Å². The minimum Gasteiger partial charge on any atom is -0.135 e. The van der Waals surface area contributed by atoms with Gasteiger partial charge in [0.2, 0.25) is 6.04 Å². The van der Waals surface area contributed by atoms with E-state index in [1.54, 1.807) is 0 Å². The fourth-order valence-electron chi connectivity index (χ4n) is 3.33. The number of fused-ring (bicyclic) bond motifs is 6. The molecule has 2 nitrogen and oxygen atoms in total.